The molecule has 0 radical (unpaired) electrons. The molecule has 0 aromatic heterocycles. The van der Waals surface area contributed by atoms with Gasteiger partial charge in [0.25, 0.3) is 5.91 Å². The zero-order valence-electron chi connectivity index (χ0n) is 25.4. The molecule has 0 saturated heterocycles. The third-order valence-corrected chi connectivity index (χ3v) is 10.7. The topological polar surface area (TPSA) is 88.3 Å². The number of methoxy groups -OCH3 is 1. The van der Waals surface area contributed by atoms with Crippen LogP contribution < -0.4 is 15.4 Å². The second-order valence-corrected chi connectivity index (χ2v) is 13.5. The number of aliphatic hydroxyl groups is 1. The maximum Gasteiger partial charge on any atom is 0.254 e. The Bertz CT molecular complexity index is 1430. The molecule has 8 heteroatoms. The maximum absolute atomic E-state index is 12.9. The summed E-state index contributed by atoms with van der Waals surface area (Å²) in [6, 6.07) is 11.9. The number of carbonyl (C=O) groups excluding carboxylic acids is 1. The number of amides is 1. The van der Waals surface area contributed by atoms with Gasteiger partial charge in [0.1, 0.15) is 5.75 Å². The van der Waals surface area contributed by atoms with E-state index in [1.807, 2.05) is 37.3 Å². The number of hydrogen-bond acceptors (Lipinski definition) is 6. The number of rotatable bonds is 2. The van der Waals surface area contributed by atoms with Crippen molar-refractivity contribution >= 4 is 23.2 Å². The van der Waals surface area contributed by atoms with Crippen molar-refractivity contribution in [2.24, 2.45) is 17.6 Å². The normalized spacial score (nSPS) is 31.7. The third-order valence-electron chi connectivity index (χ3n) is 10.5. The van der Waals surface area contributed by atoms with Crippen LogP contribution in [0.1, 0.15) is 55.2 Å². The first-order chi connectivity index (χ1) is 20.6. The van der Waals surface area contributed by atoms with Gasteiger partial charge in [-0.2, -0.15) is 0 Å². The molecule has 43 heavy (non-hydrogen) atoms. The SMILES string of the molecule is C=C1C[C@](O)(C(N)=O)c2ccc3c(c2)N(C[C@@H]2CC[C@H]2[C@@H](OC)/C=C/CCN1C)C[C@@]1(CCCc2cc(Cl)ccc21)CO3. The minimum atomic E-state index is -1.91. The summed E-state index contributed by atoms with van der Waals surface area (Å²) < 4.78 is 12.7. The van der Waals surface area contributed by atoms with E-state index in [1.54, 1.807) is 6.07 Å². The molecule has 0 unspecified atom stereocenters. The summed E-state index contributed by atoms with van der Waals surface area (Å²) in [6.45, 7) is 7.04. The van der Waals surface area contributed by atoms with E-state index in [1.165, 1.54) is 11.1 Å². The molecular weight excluding hydrogens is 562 g/mol. The maximum atomic E-state index is 12.9. The monoisotopic (exact) mass is 605 g/mol. The van der Waals surface area contributed by atoms with Crippen LogP contribution >= 0.6 is 11.6 Å². The fourth-order valence-electron chi connectivity index (χ4n) is 7.72. The van der Waals surface area contributed by atoms with Crippen LogP contribution in [-0.4, -0.2) is 62.4 Å². The minimum Gasteiger partial charge on any atom is -0.490 e. The number of hydrogen-bond donors (Lipinski definition) is 2. The number of fused-ring (bicyclic) bond motifs is 4. The van der Waals surface area contributed by atoms with E-state index in [0.717, 1.165) is 68.1 Å². The lowest BCUT2D eigenvalue weighted by atomic mass is 9.68. The number of nitrogens with two attached hydrogens (primary N) is 1. The predicted molar refractivity (Wildman–Crippen MR) is 170 cm³/mol. The van der Waals surface area contributed by atoms with Gasteiger partial charge in [-0.15, -0.1) is 0 Å². The number of carbonyl (C=O) groups is 1. The van der Waals surface area contributed by atoms with Crippen LogP contribution in [0.5, 0.6) is 5.75 Å². The van der Waals surface area contributed by atoms with Crippen molar-refractivity contribution in [3.8, 4) is 5.75 Å². The van der Waals surface area contributed by atoms with Crippen LogP contribution in [0.2, 0.25) is 5.02 Å². The quantitative estimate of drug-likeness (QED) is 0.451. The standard InChI is InChI=1S/C35H44ClN3O4/c1-23-19-35(41,33(37)40)26-10-14-32-30(18-26)39(20-25-9-12-28(25)31(42-3)8-4-5-16-38(23)2)21-34(22-43-32)15-6-7-24-17-27(36)11-13-29(24)34/h4,8,10-11,13-14,17-18,25,28,31,41H,1,5-7,9,12,15-16,19-22H2,2-3H3,(H2,37,40)/b8-4+/t25-,28+,31-,34-,35+/m0/s1. The van der Waals surface area contributed by atoms with Gasteiger partial charge in [0.05, 0.1) is 18.4 Å². The molecule has 2 aliphatic heterocycles. The molecule has 5 atom stereocenters. The van der Waals surface area contributed by atoms with E-state index >= 15 is 0 Å². The van der Waals surface area contributed by atoms with E-state index in [0.29, 0.717) is 36.2 Å². The molecule has 2 aromatic rings. The molecule has 1 spiro atoms. The first-order valence-corrected chi connectivity index (χ1v) is 15.9. The van der Waals surface area contributed by atoms with Crippen LogP contribution in [0.4, 0.5) is 5.69 Å². The van der Waals surface area contributed by atoms with Crippen molar-refractivity contribution in [2.45, 2.75) is 62.1 Å². The van der Waals surface area contributed by atoms with Gasteiger partial charge >= 0.3 is 0 Å². The average molecular weight is 606 g/mol. The lowest BCUT2D eigenvalue weighted by molar-refractivity contribution is -0.137. The van der Waals surface area contributed by atoms with Crippen molar-refractivity contribution in [1.29, 1.82) is 0 Å². The third kappa shape index (κ3) is 5.56. The number of aryl methyl sites for hydroxylation is 1. The second-order valence-electron chi connectivity index (χ2n) is 13.1. The Balaban J connectivity index is 1.46. The van der Waals surface area contributed by atoms with Crippen molar-refractivity contribution in [3.05, 3.63) is 82.5 Å². The highest BCUT2D eigenvalue weighted by Gasteiger charge is 2.45. The van der Waals surface area contributed by atoms with Gasteiger partial charge in [0.15, 0.2) is 5.60 Å². The van der Waals surface area contributed by atoms with Gasteiger partial charge in [0, 0.05) is 56.3 Å². The van der Waals surface area contributed by atoms with E-state index in [2.05, 4.69) is 35.8 Å². The summed E-state index contributed by atoms with van der Waals surface area (Å²) in [4.78, 5) is 17.3. The van der Waals surface area contributed by atoms with Crippen LogP contribution in [0, 0.1) is 11.8 Å². The fourth-order valence-corrected chi connectivity index (χ4v) is 7.92. The Morgan fingerprint density at radius 3 is 2.81 bits per heavy atom. The summed E-state index contributed by atoms with van der Waals surface area (Å²) in [5.74, 6) is 0.804. The van der Waals surface area contributed by atoms with Gasteiger partial charge in [-0.05, 0) is 91.3 Å². The van der Waals surface area contributed by atoms with E-state index < -0.39 is 11.5 Å². The Kier molecular flexibility index (Phi) is 8.26. The van der Waals surface area contributed by atoms with Gasteiger partial charge in [0.2, 0.25) is 0 Å². The number of primary amides is 1. The highest BCUT2D eigenvalue weighted by molar-refractivity contribution is 6.30. The van der Waals surface area contributed by atoms with E-state index in [-0.39, 0.29) is 17.9 Å². The van der Waals surface area contributed by atoms with Gasteiger partial charge in [-0.3, -0.25) is 4.79 Å². The van der Waals surface area contributed by atoms with Gasteiger partial charge in [-0.1, -0.05) is 42.5 Å². The molecule has 230 valence electrons. The largest absolute Gasteiger partial charge is 0.490 e. The Labute approximate surface area is 260 Å². The summed E-state index contributed by atoms with van der Waals surface area (Å²) in [5.41, 5.74) is 8.37. The zero-order chi connectivity index (χ0) is 30.4. The Morgan fingerprint density at radius 2 is 2.07 bits per heavy atom. The minimum absolute atomic E-state index is 0.00561. The molecule has 6 rings (SSSR count). The number of nitrogens with zero attached hydrogens (tertiary/aromatic N) is 2. The molecule has 2 aliphatic carbocycles. The van der Waals surface area contributed by atoms with Crippen LogP contribution in [0.15, 0.2) is 60.8 Å². The van der Waals surface area contributed by atoms with Crippen LogP contribution in [0.3, 0.4) is 0 Å². The lowest BCUT2D eigenvalue weighted by Gasteiger charge is -2.46. The molecule has 7 nitrogen and oxygen atoms in total. The molecule has 2 heterocycles. The number of halogens is 1. The molecule has 1 saturated carbocycles. The molecule has 3 N–H and O–H groups in total. The molecular formula is C35H44ClN3O4. The van der Waals surface area contributed by atoms with Crippen molar-refractivity contribution < 1.29 is 19.4 Å². The van der Waals surface area contributed by atoms with Gasteiger partial charge < -0.3 is 30.1 Å². The molecule has 2 aromatic carbocycles. The average Bonchev–Trinajstić information content (AvgIpc) is 3.12. The van der Waals surface area contributed by atoms with Crippen LogP contribution in [-0.2, 0) is 27.0 Å². The second kappa shape index (κ2) is 11.8. The molecule has 2 bridgehead atoms. The highest BCUT2D eigenvalue weighted by atomic mass is 35.5. The summed E-state index contributed by atoms with van der Waals surface area (Å²) in [7, 11) is 3.74. The van der Waals surface area contributed by atoms with Gasteiger partial charge in [-0.25, -0.2) is 0 Å². The predicted octanol–water partition coefficient (Wildman–Crippen LogP) is 5.32. The van der Waals surface area contributed by atoms with E-state index in [9.17, 15) is 9.90 Å². The Hall–Kier alpha value is -3.00. The van der Waals surface area contributed by atoms with Crippen molar-refractivity contribution in [2.75, 3.05) is 45.3 Å². The lowest BCUT2D eigenvalue weighted by Crippen LogP contribution is -2.49. The number of anilines is 1. The summed E-state index contributed by atoms with van der Waals surface area (Å²) in [5, 5.41) is 12.6. The Morgan fingerprint density at radius 1 is 1.23 bits per heavy atom. The highest BCUT2D eigenvalue weighted by Crippen LogP contribution is 2.47. The fraction of sp³-hybridized carbons (Fsp3) is 0.514. The van der Waals surface area contributed by atoms with Crippen LogP contribution in [0.25, 0.3) is 0 Å². The summed E-state index contributed by atoms with van der Waals surface area (Å²) >= 11 is 6.43. The molecule has 4 aliphatic rings. The van der Waals surface area contributed by atoms with E-state index in [4.69, 9.17) is 26.8 Å². The van der Waals surface area contributed by atoms with Crippen molar-refractivity contribution in [1.82, 2.24) is 4.90 Å². The van der Waals surface area contributed by atoms with Crippen molar-refractivity contribution in [3.63, 3.8) is 0 Å². The smallest absolute Gasteiger partial charge is 0.254 e. The summed E-state index contributed by atoms with van der Waals surface area (Å²) in [6.07, 6.45) is 10.6. The first-order valence-electron chi connectivity index (χ1n) is 15.6. The molecule has 1 fully saturated rings. The number of ether oxygens (including phenoxy) is 2. The molecule has 1 amide bonds. The first kappa shape index (κ1) is 30.0. The zero-order valence-corrected chi connectivity index (χ0v) is 26.1. The number of benzene rings is 2.